The number of carbonyl (C=O) groups excluding carboxylic acids is 1. The Kier molecular flexibility index (Phi) is 5.06. The molecule has 30 heavy (non-hydrogen) atoms. The molecule has 4 aromatic rings. The minimum Gasteiger partial charge on any atom is -0.497 e. The first kappa shape index (κ1) is 19.4. The second-order valence-corrected chi connectivity index (χ2v) is 6.67. The van der Waals surface area contributed by atoms with Crippen LogP contribution >= 0.6 is 0 Å². The van der Waals surface area contributed by atoms with Gasteiger partial charge in [-0.25, -0.2) is 14.0 Å². The second kappa shape index (κ2) is 7.83. The van der Waals surface area contributed by atoms with E-state index in [0.29, 0.717) is 33.4 Å². The molecule has 0 spiro atoms. The molecule has 150 valence electrons. The highest BCUT2D eigenvalue weighted by Gasteiger charge is 2.15. The maximum absolute atomic E-state index is 13.1. The van der Waals surface area contributed by atoms with Crippen LogP contribution in [0.3, 0.4) is 0 Å². The van der Waals surface area contributed by atoms with Crippen LogP contribution in [-0.4, -0.2) is 13.1 Å². The smallest absolute Gasteiger partial charge is 0.344 e. The quantitative estimate of drug-likeness (QED) is 0.268. The van der Waals surface area contributed by atoms with Crippen LogP contribution in [0.2, 0.25) is 0 Å². The van der Waals surface area contributed by atoms with Crippen LogP contribution in [0.15, 0.2) is 75.9 Å². The largest absolute Gasteiger partial charge is 0.497 e. The van der Waals surface area contributed by atoms with Gasteiger partial charge in [0.15, 0.2) is 0 Å². The van der Waals surface area contributed by atoms with Gasteiger partial charge in [0.1, 0.15) is 22.9 Å². The van der Waals surface area contributed by atoms with Crippen LogP contribution in [0.5, 0.6) is 11.5 Å². The number of methoxy groups -OCH3 is 1. The van der Waals surface area contributed by atoms with Crippen LogP contribution in [0.25, 0.3) is 22.1 Å². The molecule has 0 aliphatic rings. The molecule has 0 fully saturated rings. The van der Waals surface area contributed by atoms with Gasteiger partial charge >= 0.3 is 11.6 Å². The summed E-state index contributed by atoms with van der Waals surface area (Å²) in [6, 6.07) is 16.9. The summed E-state index contributed by atoms with van der Waals surface area (Å²) in [5.41, 5.74) is 1.97. The van der Waals surface area contributed by atoms with E-state index < -0.39 is 17.4 Å². The van der Waals surface area contributed by atoms with E-state index in [1.165, 1.54) is 24.3 Å². The highest BCUT2D eigenvalue weighted by Crippen LogP contribution is 2.30. The van der Waals surface area contributed by atoms with E-state index in [1.807, 2.05) is 6.92 Å². The second-order valence-electron chi connectivity index (χ2n) is 6.67. The van der Waals surface area contributed by atoms with Crippen molar-refractivity contribution in [3.05, 3.63) is 94.1 Å². The Morgan fingerprint density at radius 2 is 1.60 bits per heavy atom. The number of rotatable bonds is 4. The molecule has 0 aliphatic carbocycles. The summed E-state index contributed by atoms with van der Waals surface area (Å²) in [6.07, 6.45) is 0. The SMILES string of the molecule is COc1ccc(-c2c(C)c3cc(OC(=O)c4ccc(F)cc4)ccc3oc2=O)cc1. The third-order valence-electron chi connectivity index (χ3n) is 4.81. The van der Waals surface area contributed by atoms with Crippen molar-refractivity contribution in [1.29, 1.82) is 0 Å². The van der Waals surface area contributed by atoms with Gasteiger partial charge in [-0.3, -0.25) is 0 Å². The number of halogens is 1. The van der Waals surface area contributed by atoms with Gasteiger partial charge in [0.2, 0.25) is 0 Å². The zero-order valence-corrected chi connectivity index (χ0v) is 16.3. The van der Waals surface area contributed by atoms with Gasteiger partial charge in [0.05, 0.1) is 18.2 Å². The molecular weight excluding hydrogens is 387 g/mol. The molecule has 0 atom stereocenters. The van der Waals surface area contributed by atoms with Crippen LogP contribution in [0, 0.1) is 12.7 Å². The fourth-order valence-corrected chi connectivity index (χ4v) is 3.24. The van der Waals surface area contributed by atoms with Crippen molar-refractivity contribution in [2.24, 2.45) is 0 Å². The topological polar surface area (TPSA) is 65.7 Å². The monoisotopic (exact) mass is 404 g/mol. The Balaban J connectivity index is 1.73. The van der Waals surface area contributed by atoms with Gasteiger partial charge < -0.3 is 13.9 Å². The van der Waals surface area contributed by atoms with Gasteiger partial charge in [-0.05, 0) is 72.6 Å². The lowest BCUT2D eigenvalue weighted by Gasteiger charge is -2.10. The van der Waals surface area contributed by atoms with E-state index in [-0.39, 0.29) is 11.3 Å². The van der Waals surface area contributed by atoms with Crippen LogP contribution in [0.1, 0.15) is 15.9 Å². The highest BCUT2D eigenvalue weighted by atomic mass is 19.1. The normalized spacial score (nSPS) is 10.8. The molecule has 0 saturated carbocycles. The van der Waals surface area contributed by atoms with E-state index in [2.05, 4.69) is 0 Å². The Bertz CT molecular complexity index is 1290. The van der Waals surface area contributed by atoms with E-state index in [0.717, 1.165) is 0 Å². The van der Waals surface area contributed by atoms with Crippen LogP contribution in [0.4, 0.5) is 4.39 Å². The molecule has 5 nitrogen and oxygen atoms in total. The first-order valence-corrected chi connectivity index (χ1v) is 9.16. The molecule has 0 bridgehead atoms. The molecule has 3 aromatic carbocycles. The minimum absolute atomic E-state index is 0.228. The van der Waals surface area contributed by atoms with Crippen molar-refractivity contribution >= 4 is 16.9 Å². The predicted molar refractivity (Wildman–Crippen MR) is 111 cm³/mol. The summed E-state index contributed by atoms with van der Waals surface area (Å²) in [5, 5.41) is 0.643. The number of ether oxygens (including phenoxy) is 2. The third-order valence-corrected chi connectivity index (χ3v) is 4.81. The number of carbonyl (C=O) groups is 1. The number of benzene rings is 3. The number of fused-ring (bicyclic) bond motifs is 1. The predicted octanol–water partition coefficient (Wildman–Crippen LogP) is 5.14. The lowest BCUT2D eigenvalue weighted by molar-refractivity contribution is 0.0735. The fraction of sp³-hybridized carbons (Fsp3) is 0.0833. The van der Waals surface area contributed by atoms with E-state index in [4.69, 9.17) is 13.9 Å². The van der Waals surface area contributed by atoms with Crippen molar-refractivity contribution < 1.29 is 23.1 Å². The summed E-state index contributed by atoms with van der Waals surface area (Å²) in [5.74, 6) is -0.0836. The highest BCUT2D eigenvalue weighted by molar-refractivity contribution is 5.92. The summed E-state index contributed by atoms with van der Waals surface area (Å²) in [6.45, 7) is 1.81. The first-order chi connectivity index (χ1) is 14.5. The lowest BCUT2D eigenvalue weighted by Crippen LogP contribution is -2.09. The Labute approximate surface area is 171 Å². The minimum atomic E-state index is -0.611. The molecule has 6 heteroatoms. The number of aryl methyl sites for hydroxylation is 1. The van der Waals surface area contributed by atoms with Crippen LogP contribution < -0.4 is 15.1 Å². The maximum Gasteiger partial charge on any atom is 0.344 e. The Morgan fingerprint density at radius 1 is 0.933 bits per heavy atom. The Morgan fingerprint density at radius 3 is 2.27 bits per heavy atom. The average Bonchev–Trinajstić information content (AvgIpc) is 2.75. The number of hydrogen-bond donors (Lipinski definition) is 0. The average molecular weight is 404 g/mol. The summed E-state index contributed by atoms with van der Waals surface area (Å²) < 4.78 is 29.1. The molecule has 4 rings (SSSR count). The molecule has 1 aromatic heterocycles. The third kappa shape index (κ3) is 3.67. The van der Waals surface area contributed by atoms with E-state index >= 15 is 0 Å². The molecule has 0 unspecified atom stereocenters. The summed E-state index contributed by atoms with van der Waals surface area (Å²) in [4.78, 5) is 24.9. The van der Waals surface area contributed by atoms with Crippen molar-refractivity contribution in [2.75, 3.05) is 7.11 Å². The number of esters is 1. The van der Waals surface area contributed by atoms with Gasteiger partial charge in [-0.15, -0.1) is 0 Å². The molecule has 0 N–H and O–H groups in total. The fourth-order valence-electron chi connectivity index (χ4n) is 3.24. The van der Waals surface area contributed by atoms with Crippen molar-refractivity contribution in [3.8, 4) is 22.6 Å². The molecule has 0 amide bonds. The van der Waals surface area contributed by atoms with Crippen LogP contribution in [-0.2, 0) is 0 Å². The molecular formula is C24H17FO5. The molecule has 0 saturated heterocycles. The molecule has 1 heterocycles. The van der Waals surface area contributed by atoms with Gasteiger partial charge in [-0.2, -0.15) is 0 Å². The summed E-state index contributed by atoms with van der Waals surface area (Å²) in [7, 11) is 1.57. The van der Waals surface area contributed by atoms with E-state index in [9.17, 15) is 14.0 Å². The standard InChI is InChI=1S/C24H17FO5/c1-14-20-13-19(29-23(26)16-3-7-17(25)8-4-16)11-12-21(20)30-24(27)22(14)15-5-9-18(28-2)10-6-15/h3-13H,1-2H3. The van der Waals surface area contributed by atoms with Gasteiger partial charge in [-0.1, -0.05) is 12.1 Å². The first-order valence-electron chi connectivity index (χ1n) is 9.16. The zero-order chi connectivity index (χ0) is 21.3. The van der Waals surface area contributed by atoms with Gasteiger partial charge in [0, 0.05) is 5.39 Å². The summed E-state index contributed by atoms with van der Waals surface area (Å²) >= 11 is 0. The molecule has 0 aliphatic heterocycles. The lowest BCUT2D eigenvalue weighted by atomic mass is 9.99. The van der Waals surface area contributed by atoms with Crippen molar-refractivity contribution in [2.45, 2.75) is 6.92 Å². The van der Waals surface area contributed by atoms with E-state index in [1.54, 1.807) is 49.6 Å². The molecule has 0 radical (unpaired) electrons. The maximum atomic E-state index is 13.1. The van der Waals surface area contributed by atoms with Crippen molar-refractivity contribution in [1.82, 2.24) is 0 Å². The van der Waals surface area contributed by atoms with Gasteiger partial charge in [0.25, 0.3) is 0 Å². The van der Waals surface area contributed by atoms with Crippen molar-refractivity contribution in [3.63, 3.8) is 0 Å². The zero-order valence-electron chi connectivity index (χ0n) is 16.3. The Hall–Kier alpha value is -3.93. The number of hydrogen-bond acceptors (Lipinski definition) is 5.